The van der Waals surface area contributed by atoms with Crippen molar-refractivity contribution >= 4 is 14.5 Å². The molecule has 126 valence electrons. The quantitative estimate of drug-likeness (QED) is 0.409. The highest BCUT2D eigenvalue weighted by atomic mass is 31.2. The molecule has 0 heterocycles. The summed E-state index contributed by atoms with van der Waals surface area (Å²) in [7, 11) is -1.49. The highest BCUT2D eigenvalue weighted by molar-refractivity contribution is 7.75. The molecule has 0 spiro atoms. The minimum Gasteiger partial charge on any atom is -0.0614 e. The lowest BCUT2D eigenvalue weighted by Gasteiger charge is -2.25. The van der Waals surface area contributed by atoms with E-state index in [2.05, 4.69) is 65.8 Å². The summed E-state index contributed by atoms with van der Waals surface area (Å²) in [5.41, 5.74) is 3.22. The van der Waals surface area contributed by atoms with Crippen molar-refractivity contribution in [1.82, 2.24) is 0 Å². The van der Waals surface area contributed by atoms with Crippen molar-refractivity contribution in [2.45, 2.75) is 53.9 Å². The van der Waals surface area contributed by atoms with Crippen molar-refractivity contribution in [2.75, 3.05) is 37.0 Å². The minimum absolute atomic E-state index is 0.744. The Balaban J connectivity index is 2.95. The molecule has 0 saturated carbocycles. The molecule has 1 rings (SSSR count). The van der Waals surface area contributed by atoms with Crippen molar-refractivity contribution < 1.29 is 0 Å². The van der Waals surface area contributed by atoms with Crippen LogP contribution in [0.2, 0.25) is 0 Å². The Kier molecular flexibility index (Phi) is 8.59. The van der Waals surface area contributed by atoms with Crippen molar-refractivity contribution in [2.24, 2.45) is 0 Å². The maximum absolute atomic E-state index is 2.55. The molecule has 0 N–H and O–H groups in total. The van der Waals surface area contributed by atoms with Crippen molar-refractivity contribution in [3.8, 4) is 0 Å². The summed E-state index contributed by atoms with van der Waals surface area (Å²) in [6.45, 7) is 14.5. The van der Waals surface area contributed by atoms with Gasteiger partial charge in [0.05, 0.1) is 49.3 Å². The molecular weight excluding hydrogens is 302 g/mol. The Morgan fingerprint density at radius 1 is 0.591 bits per heavy atom. The predicted molar refractivity (Wildman–Crippen MR) is 111 cm³/mol. The van der Waals surface area contributed by atoms with Gasteiger partial charge in [-0.05, 0) is 58.7 Å². The Morgan fingerprint density at radius 3 is 1.18 bits per heavy atom. The van der Waals surface area contributed by atoms with Gasteiger partial charge in [-0.2, -0.15) is 0 Å². The molecule has 0 aliphatic rings. The largest absolute Gasteiger partial charge is 0.0842 e. The van der Waals surface area contributed by atoms with Gasteiger partial charge < -0.3 is 0 Å². The zero-order valence-corrected chi connectivity index (χ0v) is 17.6. The molecule has 1 aromatic rings. The molecule has 0 aliphatic heterocycles. The van der Waals surface area contributed by atoms with E-state index in [1.165, 1.54) is 49.3 Å². The lowest BCUT2D eigenvalue weighted by molar-refractivity contribution is 1.19. The molecule has 0 atom stereocenters. The van der Waals surface area contributed by atoms with Gasteiger partial charge in [-0.15, -0.1) is 0 Å². The summed E-state index contributed by atoms with van der Waals surface area (Å²) < 4.78 is 0. The maximum Gasteiger partial charge on any atom is 0.0842 e. The fourth-order valence-electron chi connectivity index (χ4n) is 3.61. The average Bonchev–Trinajstić information content (AvgIpc) is 2.58. The number of hydrogen-bond acceptors (Lipinski definition) is 0. The summed E-state index contributed by atoms with van der Waals surface area (Å²) in [4.78, 5) is 0. The summed E-state index contributed by atoms with van der Waals surface area (Å²) in [6, 6.07) is 9.62. The number of rotatable bonds is 10. The molecule has 22 heavy (non-hydrogen) atoms. The molecular formula is C20H38P2+2. The van der Waals surface area contributed by atoms with E-state index in [0.29, 0.717) is 0 Å². The van der Waals surface area contributed by atoms with Gasteiger partial charge in [-0.1, -0.05) is 18.2 Å². The second kappa shape index (κ2) is 9.39. The summed E-state index contributed by atoms with van der Waals surface area (Å²) >= 11 is 0. The van der Waals surface area contributed by atoms with Crippen LogP contribution in [-0.4, -0.2) is 37.0 Å². The Morgan fingerprint density at radius 2 is 0.909 bits per heavy atom. The average molecular weight is 340 g/mol. The van der Waals surface area contributed by atoms with E-state index >= 15 is 0 Å². The zero-order chi connectivity index (χ0) is 16.6. The first-order chi connectivity index (χ1) is 10.5. The number of benzene rings is 1. The summed E-state index contributed by atoms with van der Waals surface area (Å²) in [6.07, 6.45) is 11.1. The molecule has 0 aliphatic carbocycles. The Bertz CT molecular complexity index is 377. The number of hydrogen-bond donors (Lipinski definition) is 0. The smallest absolute Gasteiger partial charge is 0.0614 e. The van der Waals surface area contributed by atoms with Crippen molar-refractivity contribution in [1.29, 1.82) is 0 Å². The standard InChI is InChI=1S/C20H38P2/c1-7-21(8-2,9-3)17-19-14-13-15-20(16-19)18-22(10-4,11-5)12-6/h13-16H,7-12,17-18H2,1-6H3/q+2. The summed E-state index contributed by atoms with van der Waals surface area (Å²) in [5, 5.41) is 0. The Hall–Kier alpha value is 0.0800. The second-order valence-corrected chi connectivity index (χ2v) is 16.5. The van der Waals surface area contributed by atoms with E-state index in [1.54, 1.807) is 11.1 Å². The maximum atomic E-state index is 2.55. The van der Waals surface area contributed by atoms with Crippen molar-refractivity contribution in [3.05, 3.63) is 35.4 Å². The van der Waals surface area contributed by atoms with E-state index in [4.69, 9.17) is 0 Å². The van der Waals surface area contributed by atoms with Gasteiger partial charge in [0, 0.05) is 14.5 Å². The van der Waals surface area contributed by atoms with Crippen LogP contribution in [0.5, 0.6) is 0 Å². The van der Waals surface area contributed by atoms with Crippen LogP contribution in [0, 0.1) is 0 Å². The van der Waals surface area contributed by atoms with Gasteiger partial charge in [0.2, 0.25) is 0 Å². The van der Waals surface area contributed by atoms with Crippen LogP contribution in [0.25, 0.3) is 0 Å². The van der Waals surface area contributed by atoms with Gasteiger partial charge in [-0.3, -0.25) is 0 Å². The first kappa shape index (κ1) is 20.1. The van der Waals surface area contributed by atoms with Crippen molar-refractivity contribution in [3.63, 3.8) is 0 Å². The first-order valence-electron chi connectivity index (χ1n) is 9.30. The highest BCUT2D eigenvalue weighted by Crippen LogP contribution is 2.62. The van der Waals surface area contributed by atoms with Crippen LogP contribution in [-0.2, 0) is 12.3 Å². The third-order valence-electron chi connectivity index (χ3n) is 6.05. The molecule has 0 aromatic heterocycles. The first-order valence-corrected chi connectivity index (χ1v) is 14.4. The van der Waals surface area contributed by atoms with E-state index in [-0.39, 0.29) is 0 Å². The van der Waals surface area contributed by atoms with E-state index in [9.17, 15) is 0 Å². The fraction of sp³-hybridized carbons (Fsp3) is 0.700. The van der Waals surface area contributed by atoms with Crippen LogP contribution >= 0.6 is 14.5 Å². The van der Waals surface area contributed by atoms with Crippen LogP contribution in [0.3, 0.4) is 0 Å². The van der Waals surface area contributed by atoms with Gasteiger partial charge in [0.25, 0.3) is 0 Å². The van der Waals surface area contributed by atoms with Crippen LogP contribution < -0.4 is 0 Å². The van der Waals surface area contributed by atoms with Gasteiger partial charge >= 0.3 is 0 Å². The molecule has 0 radical (unpaired) electrons. The molecule has 0 unspecified atom stereocenters. The summed E-state index contributed by atoms with van der Waals surface area (Å²) in [5.74, 6) is 0. The molecule has 0 fully saturated rings. The second-order valence-electron chi connectivity index (χ2n) is 6.72. The lowest BCUT2D eigenvalue weighted by Crippen LogP contribution is -2.08. The van der Waals surface area contributed by atoms with E-state index in [0.717, 1.165) is 0 Å². The SMILES string of the molecule is CC[P+](CC)(CC)Cc1cccc(C[P+](CC)(CC)CC)c1. The van der Waals surface area contributed by atoms with E-state index < -0.39 is 14.5 Å². The topological polar surface area (TPSA) is 0 Å². The third kappa shape index (κ3) is 5.04. The fourth-order valence-corrected chi connectivity index (χ4v) is 9.58. The molecule has 2 heteroatoms. The molecule has 0 saturated heterocycles. The van der Waals surface area contributed by atoms with E-state index in [1.807, 2.05) is 0 Å². The Labute approximate surface area is 141 Å². The highest BCUT2D eigenvalue weighted by Gasteiger charge is 2.33. The van der Waals surface area contributed by atoms with Gasteiger partial charge in [0.15, 0.2) is 0 Å². The molecule has 1 aromatic carbocycles. The monoisotopic (exact) mass is 340 g/mol. The molecule has 0 nitrogen and oxygen atoms in total. The van der Waals surface area contributed by atoms with Crippen LogP contribution in [0.15, 0.2) is 24.3 Å². The molecule has 0 amide bonds. The molecule has 0 bridgehead atoms. The third-order valence-corrected chi connectivity index (χ3v) is 16.2. The predicted octanol–water partition coefficient (Wildman–Crippen LogP) is 6.84. The van der Waals surface area contributed by atoms with Crippen LogP contribution in [0.4, 0.5) is 0 Å². The van der Waals surface area contributed by atoms with Gasteiger partial charge in [0.1, 0.15) is 0 Å². The lowest BCUT2D eigenvalue weighted by atomic mass is 10.2. The van der Waals surface area contributed by atoms with Gasteiger partial charge in [-0.25, -0.2) is 0 Å². The minimum atomic E-state index is -0.744. The van der Waals surface area contributed by atoms with Crippen LogP contribution in [0.1, 0.15) is 52.7 Å². The normalized spacial score (nSPS) is 12.6. The zero-order valence-electron chi connectivity index (χ0n) is 15.9.